The van der Waals surface area contributed by atoms with Crippen molar-refractivity contribution in [1.29, 1.82) is 0 Å². The number of amides is 1. The van der Waals surface area contributed by atoms with Crippen molar-refractivity contribution in [2.45, 2.75) is 38.1 Å². The minimum absolute atomic E-state index is 0.0470. The fourth-order valence-electron chi connectivity index (χ4n) is 4.71. The molecular weight excluding hydrogens is 388 g/mol. The van der Waals surface area contributed by atoms with Gasteiger partial charge in [0.25, 0.3) is 0 Å². The van der Waals surface area contributed by atoms with Gasteiger partial charge in [-0.3, -0.25) is 14.5 Å². The second-order valence-corrected chi connectivity index (χ2v) is 8.01. The highest BCUT2D eigenvalue weighted by molar-refractivity contribution is 6.06. The number of anilines is 2. The van der Waals surface area contributed by atoms with Crippen LogP contribution in [0, 0.1) is 0 Å². The lowest BCUT2D eigenvalue weighted by Crippen LogP contribution is -2.38. The number of fused-ring (bicyclic) bond motifs is 1. The van der Waals surface area contributed by atoms with Gasteiger partial charge in [0.2, 0.25) is 5.91 Å². The third kappa shape index (κ3) is 3.36. The molecule has 1 aliphatic carbocycles. The molecule has 5 nitrogen and oxygen atoms in total. The Balaban J connectivity index is 1.70. The summed E-state index contributed by atoms with van der Waals surface area (Å²) in [6.07, 6.45) is 3.03. The van der Waals surface area contributed by atoms with Crippen LogP contribution in [0.2, 0.25) is 0 Å². The second kappa shape index (κ2) is 7.91. The van der Waals surface area contributed by atoms with E-state index >= 15 is 0 Å². The Morgan fingerprint density at radius 2 is 1.81 bits per heavy atom. The van der Waals surface area contributed by atoms with Crippen molar-refractivity contribution in [2.75, 3.05) is 10.2 Å². The first-order chi connectivity index (χ1) is 15.2. The van der Waals surface area contributed by atoms with Crippen molar-refractivity contribution in [3.63, 3.8) is 0 Å². The predicted octanol–water partition coefficient (Wildman–Crippen LogP) is 5.59. The minimum atomic E-state index is -0.585. The maximum Gasteiger partial charge on any atom is 0.227 e. The quantitative estimate of drug-likeness (QED) is 0.609. The van der Waals surface area contributed by atoms with E-state index in [4.69, 9.17) is 4.42 Å². The van der Waals surface area contributed by atoms with Gasteiger partial charge in [-0.05, 0) is 42.2 Å². The first kappa shape index (κ1) is 19.4. The summed E-state index contributed by atoms with van der Waals surface area (Å²) in [6, 6.07) is 20.9. The summed E-state index contributed by atoms with van der Waals surface area (Å²) >= 11 is 0. The van der Waals surface area contributed by atoms with Crippen molar-refractivity contribution in [3.05, 3.63) is 95.6 Å². The number of para-hydroxylation sites is 2. The lowest BCUT2D eigenvalue weighted by Gasteiger charge is -2.33. The first-order valence-corrected chi connectivity index (χ1v) is 10.7. The van der Waals surface area contributed by atoms with E-state index in [-0.39, 0.29) is 17.6 Å². The monoisotopic (exact) mass is 412 g/mol. The SMILES string of the molecule is CCC(=O)N1c2ccccc2NC2=C(C(=O)C[C@@H](c3ccccc3)C2)[C@@H]1c1ccco1. The molecule has 0 spiro atoms. The summed E-state index contributed by atoms with van der Waals surface area (Å²) in [5.74, 6) is 0.685. The van der Waals surface area contributed by atoms with Crippen LogP contribution in [0.25, 0.3) is 0 Å². The molecule has 1 aromatic heterocycles. The molecule has 1 amide bonds. The maximum atomic E-state index is 13.6. The van der Waals surface area contributed by atoms with E-state index in [1.165, 1.54) is 0 Å². The number of hydrogen-bond donors (Lipinski definition) is 1. The molecule has 0 saturated carbocycles. The van der Waals surface area contributed by atoms with Crippen molar-refractivity contribution in [2.24, 2.45) is 0 Å². The van der Waals surface area contributed by atoms with E-state index in [1.54, 1.807) is 17.2 Å². The molecule has 0 bridgehead atoms. The summed E-state index contributed by atoms with van der Waals surface area (Å²) in [5, 5.41) is 3.52. The van der Waals surface area contributed by atoms with Gasteiger partial charge in [-0.2, -0.15) is 0 Å². The number of nitrogens with zero attached hydrogens (tertiary/aromatic N) is 1. The first-order valence-electron chi connectivity index (χ1n) is 10.7. The van der Waals surface area contributed by atoms with Gasteiger partial charge < -0.3 is 9.73 Å². The highest BCUT2D eigenvalue weighted by Crippen LogP contribution is 2.47. The second-order valence-electron chi connectivity index (χ2n) is 8.01. The van der Waals surface area contributed by atoms with Crippen molar-refractivity contribution < 1.29 is 14.0 Å². The average molecular weight is 412 g/mol. The van der Waals surface area contributed by atoms with E-state index in [0.29, 0.717) is 30.6 Å². The van der Waals surface area contributed by atoms with Crippen LogP contribution in [0.1, 0.15) is 49.5 Å². The summed E-state index contributed by atoms with van der Waals surface area (Å²) in [5.41, 5.74) is 4.23. The fourth-order valence-corrected chi connectivity index (χ4v) is 4.71. The Labute approximate surface area is 181 Å². The third-order valence-electron chi connectivity index (χ3n) is 6.14. The zero-order chi connectivity index (χ0) is 21.4. The van der Waals surface area contributed by atoms with Crippen LogP contribution < -0.4 is 10.2 Å². The van der Waals surface area contributed by atoms with Gasteiger partial charge >= 0.3 is 0 Å². The van der Waals surface area contributed by atoms with Crippen molar-refractivity contribution in [1.82, 2.24) is 0 Å². The van der Waals surface area contributed by atoms with Crippen LogP contribution in [-0.4, -0.2) is 11.7 Å². The Hall–Kier alpha value is -3.60. The number of hydrogen-bond acceptors (Lipinski definition) is 4. The summed E-state index contributed by atoms with van der Waals surface area (Å²) in [6.45, 7) is 1.84. The van der Waals surface area contributed by atoms with E-state index in [9.17, 15) is 9.59 Å². The summed E-state index contributed by atoms with van der Waals surface area (Å²) in [7, 11) is 0. The predicted molar refractivity (Wildman–Crippen MR) is 120 cm³/mol. The van der Waals surface area contributed by atoms with E-state index in [1.807, 2.05) is 55.5 Å². The number of allylic oxidation sites excluding steroid dienone is 1. The smallest absolute Gasteiger partial charge is 0.227 e. The molecule has 1 N–H and O–H groups in total. The third-order valence-corrected chi connectivity index (χ3v) is 6.14. The molecule has 2 atom stereocenters. The molecule has 3 aromatic rings. The lowest BCUT2D eigenvalue weighted by atomic mass is 9.79. The average Bonchev–Trinajstić information content (AvgIpc) is 3.28. The fraction of sp³-hybridized carbons (Fsp3) is 0.231. The molecule has 0 radical (unpaired) electrons. The molecule has 0 unspecified atom stereocenters. The van der Waals surface area contributed by atoms with Crippen LogP contribution in [0.15, 0.2) is 88.7 Å². The zero-order valence-corrected chi connectivity index (χ0v) is 17.4. The normalized spacial score (nSPS) is 20.5. The number of carbonyl (C=O) groups excluding carboxylic acids is 2. The Morgan fingerprint density at radius 1 is 1.03 bits per heavy atom. The Morgan fingerprint density at radius 3 is 2.55 bits per heavy atom. The van der Waals surface area contributed by atoms with Gasteiger partial charge in [-0.25, -0.2) is 0 Å². The highest BCUT2D eigenvalue weighted by atomic mass is 16.3. The Kier molecular flexibility index (Phi) is 4.94. The van der Waals surface area contributed by atoms with E-state index < -0.39 is 6.04 Å². The summed E-state index contributed by atoms with van der Waals surface area (Å²) < 4.78 is 5.77. The largest absolute Gasteiger partial charge is 0.467 e. The molecule has 31 heavy (non-hydrogen) atoms. The number of rotatable bonds is 3. The number of ketones is 1. The minimum Gasteiger partial charge on any atom is -0.467 e. The van der Waals surface area contributed by atoms with Gasteiger partial charge in [0.05, 0.1) is 17.6 Å². The van der Waals surface area contributed by atoms with Gasteiger partial charge in [0.15, 0.2) is 5.78 Å². The van der Waals surface area contributed by atoms with Crippen LogP contribution >= 0.6 is 0 Å². The molecule has 2 aliphatic rings. The van der Waals surface area contributed by atoms with Crippen LogP contribution in [0.4, 0.5) is 11.4 Å². The van der Waals surface area contributed by atoms with Gasteiger partial charge in [0.1, 0.15) is 11.8 Å². The molecule has 2 aromatic carbocycles. The van der Waals surface area contributed by atoms with E-state index in [2.05, 4.69) is 17.4 Å². The van der Waals surface area contributed by atoms with Gasteiger partial charge in [-0.15, -0.1) is 0 Å². The molecule has 2 heterocycles. The van der Waals surface area contributed by atoms with Crippen LogP contribution in [-0.2, 0) is 9.59 Å². The molecule has 0 fully saturated rings. The van der Waals surface area contributed by atoms with E-state index in [0.717, 1.165) is 22.6 Å². The maximum absolute atomic E-state index is 13.6. The molecular formula is C26H24N2O3. The van der Waals surface area contributed by atoms with Crippen LogP contribution in [0.5, 0.6) is 0 Å². The molecule has 0 saturated heterocycles. The topological polar surface area (TPSA) is 62.6 Å². The molecule has 5 heteroatoms. The number of Topliss-reactive ketones (excluding diaryl/α,β-unsaturated/α-hetero) is 1. The Bertz CT molecular complexity index is 1150. The van der Waals surface area contributed by atoms with Gasteiger partial charge in [0, 0.05) is 24.1 Å². The van der Waals surface area contributed by atoms with Crippen LogP contribution in [0.3, 0.4) is 0 Å². The van der Waals surface area contributed by atoms with Crippen molar-refractivity contribution >= 4 is 23.1 Å². The highest BCUT2D eigenvalue weighted by Gasteiger charge is 2.42. The van der Waals surface area contributed by atoms with Crippen molar-refractivity contribution in [3.8, 4) is 0 Å². The number of furan rings is 1. The number of nitrogens with one attached hydrogen (secondary N) is 1. The molecule has 156 valence electrons. The standard InChI is InChI=1S/C26H24N2O3/c1-2-24(30)28-21-12-7-6-11-19(21)27-20-15-18(17-9-4-3-5-10-17)16-22(29)25(20)26(28)23-13-8-14-31-23/h3-14,18,26-27H,2,15-16H2,1H3/t18-,26-/m0/s1. The lowest BCUT2D eigenvalue weighted by molar-refractivity contribution is -0.119. The zero-order valence-electron chi connectivity index (χ0n) is 17.4. The summed E-state index contributed by atoms with van der Waals surface area (Å²) in [4.78, 5) is 28.5. The van der Waals surface area contributed by atoms with Gasteiger partial charge in [-0.1, -0.05) is 49.4 Å². The number of benzene rings is 2. The number of carbonyl (C=O) groups is 2. The molecule has 1 aliphatic heterocycles. The molecule has 5 rings (SSSR count).